The topological polar surface area (TPSA) is 54.9 Å². The predicted octanol–water partition coefficient (Wildman–Crippen LogP) is 5.42. The van der Waals surface area contributed by atoms with Crippen LogP contribution >= 0.6 is 23.4 Å². The molecule has 1 aromatic heterocycles. The lowest BCUT2D eigenvalue weighted by Gasteiger charge is -2.15. The molecule has 27 heavy (non-hydrogen) atoms. The number of benzene rings is 2. The standard InChI is InChI=1S/C18H13ClF3N3OS/c1-10(15(26)23-14-9-5-3-7-12(14)19)27-16-11-6-2-4-8-13(11)24-17(25-16)18(20,21)22/h2-10H,1H3,(H,23,26)/t10-/m1/s1. The SMILES string of the molecule is C[C@@H](Sc1nc(C(F)(F)F)nc2ccccc12)C(=O)Nc1ccccc1Cl. The van der Waals surface area contributed by atoms with Gasteiger partial charge in [0.1, 0.15) is 5.03 Å². The van der Waals surface area contributed by atoms with Crippen LogP contribution in [0.1, 0.15) is 12.7 Å². The fraction of sp³-hybridized carbons (Fsp3) is 0.167. The number of nitrogens with one attached hydrogen (secondary N) is 1. The number of halogens is 4. The zero-order valence-electron chi connectivity index (χ0n) is 13.9. The van der Waals surface area contributed by atoms with Gasteiger partial charge in [0.2, 0.25) is 11.7 Å². The third-order valence-corrected chi connectivity index (χ3v) is 5.04. The van der Waals surface area contributed by atoms with Crippen molar-refractivity contribution in [3.05, 3.63) is 59.4 Å². The van der Waals surface area contributed by atoms with E-state index >= 15 is 0 Å². The van der Waals surface area contributed by atoms with Gasteiger partial charge >= 0.3 is 6.18 Å². The van der Waals surface area contributed by atoms with Gasteiger partial charge in [-0.3, -0.25) is 4.79 Å². The Morgan fingerprint density at radius 2 is 1.78 bits per heavy atom. The molecular weight excluding hydrogens is 399 g/mol. The van der Waals surface area contributed by atoms with E-state index in [2.05, 4.69) is 15.3 Å². The number of amides is 1. The number of hydrogen-bond donors (Lipinski definition) is 1. The molecule has 0 aliphatic carbocycles. The molecule has 3 rings (SSSR count). The Labute approximate surface area is 162 Å². The Kier molecular flexibility index (Phi) is 5.57. The summed E-state index contributed by atoms with van der Waals surface area (Å²) in [5.41, 5.74) is 0.598. The van der Waals surface area contributed by atoms with Gasteiger partial charge in [0.05, 0.1) is 21.5 Å². The molecule has 0 saturated carbocycles. The fourth-order valence-corrected chi connectivity index (χ4v) is 3.40. The highest BCUT2D eigenvalue weighted by Gasteiger charge is 2.36. The molecule has 1 heterocycles. The minimum Gasteiger partial charge on any atom is -0.324 e. The van der Waals surface area contributed by atoms with Crippen LogP contribution in [0, 0.1) is 0 Å². The molecule has 0 saturated heterocycles. The van der Waals surface area contributed by atoms with Crippen molar-refractivity contribution >= 4 is 45.9 Å². The van der Waals surface area contributed by atoms with Crippen LogP contribution < -0.4 is 5.32 Å². The van der Waals surface area contributed by atoms with E-state index in [1.165, 1.54) is 6.07 Å². The first-order valence-electron chi connectivity index (χ1n) is 7.82. The van der Waals surface area contributed by atoms with E-state index in [1.807, 2.05) is 0 Å². The number of thioether (sulfide) groups is 1. The van der Waals surface area contributed by atoms with Gasteiger partial charge in [-0.2, -0.15) is 13.2 Å². The summed E-state index contributed by atoms with van der Waals surface area (Å²) in [6.07, 6.45) is -4.68. The van der Waals surface area contributed by atoms with Crippen molar-refractivity contribution in [2.45, 2.75) is 23.4 Å². The smallest absolute Gasteiger partial charge is 0.324 e. The zero-order chi connectivity index (χ0) is 19.6. The molecule has 1 N–H and O–H groups in total. The Bertz CT molecular complexity index is 997. The first-order chi connectivity index (χ1) is 12.8. The van der Waals surface area contributed by atoms with Gasteiger partial charge in [-0.25, -0.2) is 9.97 Å². The number of para-hydroxylation sites is 2. The number of carbonyl (C=O) groups is 1. The Morgan fingerprint density at radius 3 is 2.48 bits per heavy atom. The maximum absolute atomic E-state index is 13.1. The number of anilines is 1. The summed E-state index contributed by atoms with van der Waals surface area (Å²) in [5, 5.41) is 2.87. The summed E-state index contributed by atoms with van der Waals surface area (Å²) >= 11 is 6.95. The van der Waals surface area contributed by atoms with Crippen molar-refractivity contribution in [1.29, 1.82) is 0 Å². The minimum absolute atomic E-state index is 0.0923. The van der Waals surface area contributed by atoms with E-state index in [0.717, 1.165) is 11.8 Å². The molecular formula is C18H13ClF3N3OS. The van der Waals surface area contributed by atoms with E-state index in [1.54, 1.807) is 49.4 Å². The third kappa shape index (κ3) is 4.51. The number of carbonyl (C=O) groups excluding carboxylic acids is 1. The highest BCUT2D eigenvalue weighted by atomic mass is 35.5. The average Bonchev–Trinajstić information content (AvgIpc) is 2.62. The molecule has 1 atom stereocenters. The van der Waals surface area contributed by atoms with Crippen molar-refractivity contribution in [3.63, 3.8) is 0 Å². The summed E-state index contributed by atoms with van der Waals surface area (Å²) in [5.74, 6) is -1.63. The number of rotatable bonds is 4. The van der Waals surface area contributed by atoms with Gasteiger partial charge in [-0.15, -0.1) is 0 Å². The monoisotopic (exact) mass is 411 g/mol. The lowest BCUT2D eigenvalue weighted by molar-refractivity contribution is -0.145. The minimum atomic E-state index is -4.68. The second-order valence-corrected chi connectivity index (χ2v) is 7.33. The van der Waals surface area contributed by atoms with Gasteiger partial charge in [-0.05, 0) is 25.1 Å². The zero-order valence-corrected chi connectivity index (χ0v) is 15.5. The van der Waals surface area contributed by atoms with Crippen LogP contribution in [0.25, 0.3) is 10.9 Å². The molecule has 140 valence electrons. The molecule has 4 nitrogen and oxygen atoms in total. The largest absolute Gasteiger partial charge is 0.451 e. The summed E-state index contributed by atoms with van der Waals surface area (Å²) in [6, 6.07) is 13.1. The molecule has 1 amide bonds. The lowest BCUT2D eigenvalue weighted by Crippen LogP contribution is -2.23. The Morgan fingerprint density at radius 1 is 1.11 bits per heavy atom. The lowest BCUT2D eigenvalue weighted by atomic mass is 10.2. The maximum Gasteiger partial charge on any atom is 0.451 e. The molecule has 9 heteroatoms. The van der Waals surface area contributed by atoms with Crippen molar-refractivity contribution in [1.82, 2.24) is 9.97 Å². The molecule has 3 aromatic rings. The molecule has 0 radical (unpaired) electrons. The van der Waals surface area contributed by atoms with Crippen LogP contribution in [0.15, 0.2) is 53.6 Å². The van der Waals surface area contributed by atoms with Crippen molar-refractivity contribution < 1.29 is 18.0 Å². The van der Waals surface area contributed by atoms with Crippen LogP contribution in [-0.4, -0.2) is 21.1 Å². The molecule has 0 aliphatic heterocycles. The summed E-state index contributed by atoms with van der Waals surface area (Å²) < 4.78 is 39.3. The van der Waals surface area contributed by atoms with Crippen LogP contribution in [0.5, 0.6) is 0 Å². The Balaban J connectivity index is 1.89. The number of fused-ring (bicyclic) bond motifs is 1. The molecule has 2 aromatic carbocycles. The first-order valence-corrected chi connectivity index (χ1v) is 9.07. The van der Waals surface area contributed by atoms with Crippen molar-refractivity contribution in [2.75, 3.05) is 5.32 Å². The quantitative estimate of drug-likeness (QED) is 0.460. The normalized spacial score (nSPS) is 12.8. The third-order valence-electron chi connectivity index (χ3n) is 3.61. The van der Waals surface area contributed by atoms with Crippen LogP contribution in [0.3, 0.4) is 0 Å². The highest BCUT2D eigenvalue weighted by Crippen LogP contribution is 2.34. The average molecular weight is 412 g/mol. The first kappa shape index (κ1) is 19.4. The highest BCUT2D eigenvalue weighted by molar-refractivity contribution is 8.00. The fourth-order valence-electron chi connectivity index (χ4n) is 2.28. The van der Waals surface area contributed by atoms with E-state index in [4.69, 9.17) is 11.6 Å². The van der Waals surface area contributed by atoms with Crippen molar-refractivity contribution in [2.24, 2.45) is 0 Å². The van der Waals surface area contributed by atoms with Crippen LogP contribution in [0.2, 0.25) is 5.02 Å². The molecule has 0 fully saturated rings. The number of hydrogen-bond acceptors (Lipinski definition) is 4. The second-order valence-electron chi connectivity index (χ2n) is 5.60. The molecule has 0 aliphatic rings. The second kappa shape index (κ2) is 7.74. The van der Waals surface area contributed by atoms with E-state index < -0.39 is 23.2 Å². The van der Waals surface area contributed by atoms with Gasteiger partial charge < -0.3 is 5.32 Å². The van der Waals surface area contributed by atoms with E-state index in [0.29, 0.717) is 16.1 Å². The summed E-state index contributed by atoms with van der Waals surface area (Å²) in [7, 11) is 0. The predicted molar refractivity (Wildman–Crippen MR) is 99.9 cm³/mol. The Hall–Kier alpha value is -2.32. The molecule has 0 unspecified atom stereocenters. The summed E-state index contributed by atoms with van der Waals surface area (Å²) in [4.78, 5) is 19.6. The van der Waals surface area contributed by atoms with E-state index in [9.17, 15) is 18.0 Å². The van der Waals surface area contributed by atoms with E-state index in [-0.39, 0.29) is 10.5 Å². The summed E-state index contributed by atoms with van der Waals surface area (Å²) in [6.45, 7) is 1.58. The van der Waals surface area contributed by atoms with Gasteiger partial charge in [-0.1, -0.05) is 53.7 Å². The maximum atomic E-state index is 13.1. The number of alkyl halides is 3. The van der Waals surface area contributed by atoms with Gasteiger partial charge in [0, 0.05) is 5.39 Å². The molecule has 0 bridgehead atoms. The van der Waals surface area contributed by atoms with Crippen molar-refractivity contribution in [3.8, 4) is 0 Å². The number of nitrogens with zero attached hydrogens (tertiary/aromatic N) is 2. The molecule has 0 spiro atoms. The van der Waals surface area contributed by atoms with Crippen LogP contribution in [-0.2, 0) is 11.0 Å². The van der Waals surface area contributed by atoms with Gasteiger partial charge in [0.25, 0.3) is 0 Å². The number of aromatic nitrogens is 2. The van der Waals surface area contributed by atoms with Crippen LogP contribution in [0.4, 0.5) is 18.9 Å². The van der Waals surface area contributed by atoms with Gasteiger partial charge in [0.15, 0.2) is 0 Å².